The zero-order valence-corrected chi connectivity index (χ0v) is 15.5. The van der Waals surface area contributed by atoms with Crippen LogP contribution >= 0.6 is 0 Å². The fourth-order valence-corrected chi connectivity index (χ4v) is 4.28. The summed E-state index contributed by atoms with van der Waals surface area (Å²) in [5.74, 6) is -1.71. The number of carboxylic acids is 1. The van der Waals surface area contributed by atoms with Gasteiger partial charge >= 0.3 is 5.97 Å². The van der Waals surface area contributed by atoms with E-state index in [4.69, 9.17) is 9.84 Å². The Balaban J connectivity index is 2.20. The van der Waals surface area contributed by atoms with Crippen molar-refractivity contribution in [3.8, 4) is 0 Å². The molecule has 8 nitrogen and oxygen atoms in total. The molecule has 0 unspecified atom stereocenters. The Kier molecular flexibility index (Phi) is 7.13. The maximum Gasteiger partial charge on any atom is 0.323 e. The number of nitrogens with one attached hydrogen (secondary N) is 1. The summed E-state index contributed by atoms with van der Waals surface area (Å²) in [4.78, 5) is 24.7. The van der Waals surface area contributed by atoms with Crippen molar-refractivity contribution in [2.24, 2.45) is 0 Å². The van der Waals surface area contributed by atoms with E-state index in [9.17, 15) is 18.0 Å². The van der Waals surface area contributed by atoms with Gasteiger partial charge in [-0.05, 0) is 31.0 Å². The highest BCUT2D eigenvalue weighted by molar-refractivity contribution is 7.89. The number of rotatable bonds is 9. The van der Waals surface area contributed by atoms with Crippen molar-refractivity contribution in [3.63, 3.8) is 0 Å². The number of nitrogens with zero attached hydrogens (tertiary/aromatic N) is 1. The molecule has 0 spiro atoms. The van der Waals surface area contributed by atoms with Gasteiger partial charge in [0, 0.05) is 25.3 Å². The molecular formula is C17H24N2O6S. The van der Waals surface area contributed by atoms with Gasteiger partial charge in [-0.2, -0.15) is 0 Å². The molecular weight excluding hydrogens is 360 g/mol. The van der Waals surface area contributed by atoms with E-state index in [1.807, 2.05) is 0 Å². The number of methoxy groups -OCH3 is 1. The zero-order valence-electron chi connectivity index (χ0n) is 14.7. The summed E-state index contributed by atoms with van der Waals surface area (Å²) in [5, 5.41) is 8.98. The molecule has 0 radical (unpaired) electrons. The highest BCUT2D eigenvalue weighted by atomic mass is 32.2. The summed E-state index contributed by atoms with van der Waals surface area (Å²) in [6, 6.07) is 5.57. The molecule has 26 heavy (non-hydrogen) atoms. The summed E-state index contributed by atoms with van der Waals surface area (Å²) < 4.78 is 32.6. The lowest BCUT2D eigenvalue weighted by Gasteiger charge is -2.20. The third-order valence-corrected chi connectivity index (χ3v) is 5.77. The van der Waals surface area contributed by atoms with E-state index >= 15 is 0 Å². The maximum absolute atomic E-state index is 12.6. The van der Waals surface area contributed by atoms with E-state index in [2.05, 4.69) is 4.72 Å². The van der Waals surface area contributed by atoms with Crippen LogP contribution in [0.5, 0.6) is 0 Å². The third-order valence-electron chi connectivity index (χ3n) is 4.25. The molecule has 2 N–H and O–H groups in total. The van der Waals surface area contributed by atoms with Gasteiger partial charge in [0.15, 0.2) is 0 Å². The van der Waals surface area contributed by atoms with Crippen LogP contribution in [0.25, 0.3) is 0 Å². The van der Waals surface area contributed by atoms with Gasteiger partial charge in [-0.3, -0.25) is 9.59 Å². The van der Waals surface area contributed by atoms with Crippen molar-refractivity contribution in [2.45, 2.75) is 36.6 Å². The smallest absolute Gasteiger partial charge is 0.323 e. The fraction of sp³-hybridized carbons (Fsp3) is 0.529. The molecule has 1 aromatic rings. The standard InChI is InChI=1S/C17H24N2O6S/c1-25-10-9-19(12-16(20)21)17(22)13-5-4-8-15(11-13)26(23,24)18-14-6-2-3-7-14/h4-5,8,11,14,18H,2-3,6-7,9-10,12H2,1H3,(H,20,21). The molecule has 1 aromatic carbocycles. The zero-order chi connectivity index (χ0) is 19.2. The van der Waals surface area contributed by atoms with Gasteiger partial charge in [-0.1, -0.05) is 18.9 Å². The molecule has 9 heteroatoms. The van der Waals surface area contributed by atoms with Gasteiger partial charge < -0.3 is 14.7 Å². The summed E-state index contributed by atoms with van der Waals surface area (Å²) in [5.41, 5.74) is 0.122. The Morgan fingerprint density at radius 3 is 2.62 bits per heavy atom. The van der Waals surface area contributed by atoms with Crippen LogP contribution in [0.2, 0.25) is 0 Å². The molecule has 1 aliphatic carbocycles. The molecule has 0 heterocycles. The lowest BCUT2D eigenvalue weighted by molar-refractivity contribution is -0.137. The van der Waals surface area contributed by atoms with Gasteiger partial charge in [0.1, 0.15) is 6.54 Å². The Bertz CT molecular complexity index is 743. The number of hydrogen-bond donors (Lipinski definition) is 2. The van der Waals surface area contributed by atoms with Crippen LogP contribution < -0.4 is 4.72 Å². The van der Waals surface area contributed by atoms with E-state index in [1.165, 1.54) is 31.4 Å². The van der Waals surface area contributed by atoms with Crippen molar-refractivity contribution in [1.29, 1.82) is 0 Å². The van der Waals surface area contributed by atoms with Crippen LogP contribution in [-0.4, -0.2) is 63.1 Å². The molecule has 0 aromatic heterocycles. The normalized spacial score (nSPS) is 15.1. The van der Waals surface area contributed by atoms with Gasteiger partial charge in [0.25, 0.3) is 5.91 Å². The number of amides is 1. The van der Waals surface area contributed by atoms with Crippen molar-refractivity contribution < 1.29 is 27.9 Å². The first-order valence-corrected chi connectivity index (χ1v) is 9.94. The van der Waals surface area contributed by atoms with E-state index in [0.717, 1.165) is 30.6 Å². The highest BCUT2D eigenvalue weighted by Crippen LogP contribution is 2.21. The number of hydrogen-bond acceptors (Lipinski definition) is 5. The highest BCUT2D eigenvalue weighted by Gasteiger charge is 2.25. The number of carbonyl (C=O) groups is 2. The van der Waals surface area contributed by atoms with Gasteiger partial charge in [0.05, 0.1) is 11.5 Å². The summed E-state index contributed by atoms with van der Waals surface area (Å²) in [6.45, 7) is -0.210. The second kappa shape index (κ2) is 9.11. The molecule has 144 valence electrons. The van der Waals surface area contributed by atoms with Crippen LogP contribution in [0.3, 0.4) is 0 Å². The van der Waals surface area contributed by atoms with Crippen LogP contribution in [0.1, 0.15) is 36.0 Å². The second-order valence-corrected chi connectivity index (χ2v) is 7.96. The number of carboxylic acid groups (broad SMARTS) is 1. The van der Waals surface area contributed by atoms with Crippen molar-refractivity contribution in [1.82, 2.24) is 9.62 Å². The Labute approximate surface area is 153 Å². The number of carbonyl (C=O) groups excluding carboxylic acids is 1. The van der Waals surface area contributed by atoms with Crippen molar-refractivity contribution >= 4 is 21.9 Å². The molecule has 0 bridgehead atoms. The SMILES string of the molecule is COCCN(CC(=O)O)C(=O)c1cccc(S(=O)(=O)NC2CCCC2)c1. The minimum atomic E-state index is -3.73. The lowest BCUT2D eigenvalue weighted by atomic mass is 10.2. The average Bonchev–Trinajstić information content (AvgIpc) is 3.10. The Morgan fingerprint density at radius 1 is 1.31 bits per heavy atom. The third kappa shape index (κ3) is 5.52. The van der Waals surface area contributed by atoms with Crippen LogP contribution in [-0.2, 0) is 19.6 Å². The van der Waals surface area contributed by atoms with Crippen molar-refractivity contribution in [2.75, 3.05) is 26.8 Å². The number of ether oxygens (including phenoxy) is 1. The molecule has 1 saturated carbocycles. The fourth-order valence-electron chi connectivity index (χ4n) is 2.93. The molecule has 0 atom stereocenters. The summed E-state index contributed by atoms with van der Waals surface area (Å²) in [7, 11) is -2.28. The predicted molar refractivity (Wildman–Crippen MR) is 94.4 cm³/mol. The molecule has 2 rings (SSSR count). The minimum absolute atomic E-state index is 0.00253. The Hall–Kier alpha value is -1.97. The van der Waals surface area contributed by atoms with Crippen LogP contribution in [0.15, 0.2) is 29.2 Å². The van der Waals surface area contributed by atoms with Gasteiger partial charge in [-0.15, -0.1) is 0 Å². The second-order valence-electron chi connectivity index (χ2n) is 6.24. The maximum atomic E-state index is 12.6. The quantitative estimate of drug-likeness (QED) is 0.659. The monoisotopic (exact) mass is 384 g/mol. The topological polar surface area (TPSA) is 113 Å². The summed E-state index contributed by atoms with van der Waals surface area (Å²) in [6.07, 6.45) is 3.60. The molecule has 0 saturated heterocycles. The lowest BCUT2D eigenvalue weighted by Crippen LogP contribution is -2.38. The number of benzene rings is 1. The van der Waals surface area contributed by atoms with Gasteiger partial charge in [0.2, 0.25) is 10.0 Å². The van der Waals surface area contributed by atoms with E-state index < -0.39 is 28.4 Å². The summed E-state index contributed by atoms with van der Waals surface area (Å²) >= 11 is 0. The molecule has 1 amide bonds. The van der Waals surface area contributed by atoms with E-state index in [1.54, 1.807) is 0 Å². The average molecular weight is 384 g/mol. The molecule has 0 aliphatic heterocycles. The first-order chi connectivity index (χ1) is 12.3. The predicted octanol–water partition coefficient (Wildman–Crippen LogP) is 1.08. The molecule has 1 aliphatic rings. The first-order valence-electron chi connectivity index (χ1n) is 8.46. The van der Waals surface area contributed by atoms with E-state index in [-0.39, 0.29) is 29.7 Å². The first kappa shape index (κ1) is 20.3. The minimum Gasteiger partial charge on any atom is -0.480 e. The van der Waals surface area contributed by atoms with Gasteiger partial charge in [-0.25, -0.2) is 13.1 Å². The Morgan fingerprint density at radius 2 is 2.00 bits per heavy atom. The molecule has 1 fully saturated rings. The largest absolute Gasteiger partial charge is 0.480 e. The van der Waals surface area contributed by atoms with Crippen LogP contribution in [0.4, 0.5) is 0 Å². The van der Waals surface area contributed by atoms with Crippen molar-refractivity contribution in [3.05, 3.63) is 29.8 Å². The number of aliphatic carboxylic acids is 1. The number of sulfonamides is 1. The van der Waals surface area contributed by atoms with E-state index in [0.29, 0.717) is 0 Å². The van der Waals surface area contributed by atoms with Crippen LogP contribution in [0, 0.1) is 0 Å².